The molecule has 0 aliphatic heterocycles. The fourth-order valence-electron chi connectivity index (χ4n) is 7.88. The minimum atomic E-state index is -0.802. The third kappa shape index (κ3) is 48.8. The summed E-state index contributed by atoms with van der Waals surface area (Å²) in [6.45, 7) is 4.13. The van der Waals surface area contributed by atoms with Crippen LogP contribution in [0.25, 0.3) is 0 Å². The number of allylic oxidation sites excluding steroid dienone is 6. The molecule has 0 aromatic carbocycles. The molecule has 0 amide bonds. The zero-order valence-corrected chi connectivity index (χ0v) is 40.2. The van der Waals surface area contributed by atoms with E-state index in [1.54, 1.807) is 0 Å². The van der Waals surface area contributed by atoms with E-state index in [2.05, 4.69) is 50.3 Å². The molecule has 0 aromatic rings. The standard InChI is InChI=1S/C55H102O5/c1-3-5-7-9-11-13-15-17-19-21-23-25-27-29-31-33-35-37-39-41-43-45-47-49-54(57)59-52-53(51-56)60-55(58)50-48-46-44-42-40-38-36-34-32-30-28-26-24-22-20-18-16-14-12-10-8-6-4-2/h33,35,41-44,53,56H,3-32,34,36-40,45-52H2,1-2H3/b35-33+,43-41+,44-42+/t53-/m0/s1. The highest BCUT2D eigenvalue weighted by atomic mass is 16.6. The number of rotatable bonds is 49. The largest absolute Gasteiger partial charge is 0.462 e. The van der Waals surface area contributed by atoms with Gasteiger partial charge in [-0.25, -0.2) is 0 Å². The van der Waals surface area contributed by atoms with Crippen molar-refractivity contribution in [3.8, 4) is 0 Å². The van der Waals surface area contributed by atoms with E-state index in [9.17, 15) is 14.7 Å². The molecule has 0 aliphatic rings. The molecule has 5 nitrogen and oxygen atoms in total. The Kier molecular flexibility index (Phi) is 49.9. The Balaban J connectivity index is 3.54. The SMILES string of the molecule is CCCCCCCCCCCCCCCC/C=C/CC/C=C/CCCC(=O)OC[C@H](CO)OC(=O)CCC/C=C/CCCCCCCCCCCCCCCCCCCC. The maximum atomic E-state index is 12.2. The van der Waals surface area contributed by atoms with E-state index in [1.165, 1.54) is 212 Å². The van der Waals surface area contributed by atoms with Crippen LogP contribution in [0.4, 0.5) is 0 Å². The quantitative estimate of drug-likeness (QED) is 0.0375. The second-order valence-electron chi connectivity index (χ2n) is 17.9. The second kappa shape index (κ2) is 51.5. The van der Waals surface area contributed by atoms with Crippen LogP contribution in [0.3, 0.4) is 0 Å². The third-order valence-corrected chi connectivity index (χ3v) is 11.9. The van der Waals surface area contributed by atoms with E-state index in [0.29, 0.717) is 12.8 Å². The van der Waals surface area contributed by atoms with Gasteiger partial charge < -0.3 is 14.6 Å². The fourth-order valence-corrected chi connectivity index (χ4v) is 7.88. The molecule has 0 bridgehead atoms. The molecule has 0 rings (SSSR count). The van der Waals surface area contributed by atoms with Crippen molar-refractivity contribution in [3.05, 3.63) is 36.5 Å². The monoisotopic (exact) mass is 843 g/mol. The van der Waals surface area contributed by atoms with Crippen LogP contribution < -0.4 is 0 Å². The van der Waals surface area contributed by atoms with Crippen molar-refractivity contribution in [1.29, 1.82) is 0 Å². The van der Waals surface area contributed by atoms with Crippen LogP contribution in [0.1, 0.15) is 284 Å². The average molecular weight is 843 g/mol. The van der Waals surface area contributed by atoms with Gasteiger partial charge in [0.15, 0.2) is 6.10 Å². The normalized spacial score (nSPS) is 12.4. The maximum absolute atomic E-state index is 12.2. The maximum Gasteiger partial charge on any atom is 0.306 e. The summed E-state index contributed by atoms with van der Waals surface area (Å²) in [5.74, 6) is -0.666. The molecular weight excluding hydrogens is 741 g/mol. The minimum Gasteiger partial charge on any atom is -0.462 e. The average Bonchev–Trinajstić information content (AvgIpc) is 3.25. The van der Waals surface area contributed by atoms with Crippen LogP contribution >= 0.6 is 0 Å². The number of aliphatic hydroxyl groups is 1. The lowest BCUT2D eigenvalue weighted by atomic mass is 10.0. The number of aliphatic hydroxyl groups excluding tert-OH is 1. The Morgan fingerprint density at radius 1 is 0.367 bits per heavy atom. The highest BCUT2D eigenvalue weighted by molar-refractivity contribution is 5.70. The molecule has 5 heteroatoms. The van der Waals surface area contributed by atoms with E-state index in [0.717, 1.165) is 44.9 Å². The zero-order valence-electron chi connectivity index (χ0n) is 40.2. The molecule has 0 spiro atoms. The third-order valence-electron chi connectivity index (χ3n) is 11.9. The van der Waals surface area contributed by atoms with E-state index in [-0.39, 0.29) is 25.2 Å². The lowest BCUT2D eigenvalue weighted by Gasteiger charge is -2.15. The summed E-state index contributed by atoms with van der Waals surface area (Å²) in [5, 5.41) is 9.62. The van der Waals surface area contributed by atoms with Crippen LogP contribution in [-0.4, -0.2) is 36.4 Å². The Labute approximate surface area is 374 Å². The molecular formula is C55H102O5. The van der Waals surface area contributed by atoms with Crippen LogP contribution in [0.5, 0.6) is 0 Å². The molecule has 0 aromatic heterocycles. The molecule has 60 heavy (non-hydrogen) atoms. The Morgan fingerprint density at radius 2 is 0.633 bits per heavy atom. The number of ether oxygens (including phenoxy) is 2. The number of carbonyl (C=O) groups is 2. The number of hydrogen-bond acceptors (Lipinski definition) is 5. The number of carbonyl (C=O) groups excluding carboxylic acids is 2. The lowest BCUT2D eigenvalue weighted by Crippen LogP contribution is -2.28. The number of hydrogen-bond donors (Lipinski definition) is 1. The van der Waals surface area contributed by atoms with E-state index >= 15 is 0 Å². The van der Waals surface area contributed by atoms with Gasteiger partial charge in [-0.3, -0.25) is 9.59 Å². The van der Waals surface area contributed by atoms with Gasteiger partial charge in [0.2, 0.25) is 0 Å². The summed E-state index contributed by atoms with van der Waals surface area (Å²) in [7, 11) is 0. The predicted octanol–water partition coefficient (Wildman–Crippen LogP) is 17.5. The van der Waals surface area contributed by atoms with Crippen molar-refractivity contribution >= 4 is 11.9 Å². The highest BCUT2D eigenvalue weighted by Gasteiger charge is 2.16. The number of esters is 2. The Morgan fingerprint density at radius 3 is 0.950 bits per heavy atom. The molecule has 0 fully saturated rings. The number of unbranched alkanes of at least 4 members (excludes halogenated alkanes) is 35. The van der Waals surface area contributed by atoms with E-state index in [1.807, 2.05) is 0 Å². The Bertz CT molecular complexity index is 955. The van der Waals surface area contributed by atoms with Crippen molar-refractivity contribution in [3.63, 3.8) is 0 Å². The second-order valence-corrected chi connectivity index (χ2v) is 17.9. The first-order valence-electron chi connectivity index (χ1n) is 26.5. The molecule has 352 valence electrons. The van der Waals surface area contributed by atoms with Crippen molar-refractivity contribution in [2.45, 2.75) is 290 Å². The molecule has 1 atom stereocenters. The van der Waals surface area contributed by atoms with Crippen molar-refractivity contribution in [1.82, 2.24) is 0 Å². The van der Waals surface area contributed by atoms with Gasteiger partial charge in [0.1, 0.15) is 6.61 Å². The van der Waals surface area contributed by atoms with Gasteiger partial charge in [0, 0.05) is 12.8 Å². The van der Waals surface area contributed by atoms with Gasteiger partial charge in [-0.05, 0) is 64.2 Å². The van der Waals surface area contributed by atoms with Gasteiger partial charge in [-0.2, -0.15) is 0 Å². The van der Waals surface area contributed by atoms with Crippen molar-refractivity contribution in [2.24, 2.45) is 0 Å². The van der Waals surface area contributed by atoms with E-state index < -0.39 is 6.10 Å². The van der Waals surface area contributed by atoms with E-state index in [4.69, 9.17) is 9.47 Å². The smallest absolute Gasteiger partial charge is 0.306 e. The van der Waals surface area contributed by atoms with Gasteiger partial charge in [-0.15, -0.1) is 0 Å². The molecule has 0 saturated heterocycles. The summed E-state index contributed by atoms with van der Waals surface area (Å²) in [6.07, 6.45) is 65.5. The Hall–Kier alpha value is -1.88. The first-order valence-corrected chi connectivity index (χ1v) is 26.5. The van der Waals surface area contributed by atoms with Gasteiger partial charge in [-0.1, -0.05) is 243 Å². The molecule has 0 aliphatic carbocycles. The summed E-state index contributed by atoms with van der Waals surface area (Å²) >= 11 is 0. The van der Waals surface area contributed by atoms with Gasteiger partial charge >= 0.3 is 11.9 Å². The van der Waals surface area contributed by atoms with Crippen LogP contribution in [0.15, 0.2) is 36.5 Å². The minimum absolute atomic E-state index is 0.0953. The zero-order chi connectivity index (χ0) is 43.5. The summed E-state index contributed by atoms with van der Waals surface area (Å²) < 4.78 is 10.6. The van der Waals surface area contributed by atoms with Crippen LogP contribution in [0, 0.1) is 0 Å². The van der Waals surface area contributed by atoms with Gasteiger partial charge in [0.25, 0.3) is 0 Å². The molecule has 0 unspecified atom stereocenters. The van der Waals surface area contributed by atoms with Crippen LogP contribution in [-0.2, 0) is 19.1 Å². The van der Waals surface area contributed by atoms with Crippen LogP contribution in [0.2, 0.25) is 0 Å². The van der Waals surface area contributed by atoms with Crippen molar-refractivity contribution < 1.29 is 24.2 Å². The molecule has 0 saturated carbocycles. The summed E-state index contributed by atoms with van der Waals surface area (Å²) in [5.41, 5.74) is 0. The van der Waals surface area contributed by atoms with Crippen molar-refractivity contribution in [2.75, 3.05) is 13.2 Å². The van der Waals surface area contributed by atoms with Gasteiger partial charge in [0.05, 0.1) is 6.61 Å². The molecule has 1 N–H and O–H groups in total. The molecule has 0 radical (unpaired) electrons. The molecule has 0 heterocycles. The lowest BCUT2D eigenvalue weighted by molar-refractivity contribution is -0.161. The summed E-state index contributed by atoms with van der Waals surface area (Å²) in [6, 6.07) is 0. The topological polar surface area (TPSA) is 72.8 Å². The summed E-state index contributed by atoms with van der Waals surface area (Å²) in [4.78, 5) is 24.4. The first-order chi connectivity index (χ1) is 29.6. The highest BCUT2D eigenvalue weighted by Crippen LogP contribution is 2.16. The first kappa shape index (κ1) is 58.1. The predicted molar refractivity (Wildman–Crippen MR) is 261 cm³/mol. The fraction of sp³-hybridized carbons (Fsp3) is 0.855.